The van der Waals surface area contributed by atoms with E-state index in [4.69, 9.17) is 4.74 Å². The van der Waals surface area contributed by atoms with E-state index < -0.39 is 17.9 Å². The van der Waals surface area contributed by atoms with Gasteiger partial charge in [-0.3, -0.25) is 14.4 Å². The van der Waals surface area contributed by atoms with Crippen LogP contribution < -0.4 is 5.32 Å². The molecule has 1 amide bonds. The van der Waals surface area contributed by atoms with Gasteiger partial charge in [-0.05, 0) is 31.5 Å². The molecule has 0 saturated carbocycles. The summed E-state index contributed by atoms with van der Waals surface area (Å²) in [7, 11) is 0. The molecule has 0 fully saturated rings. The van der Waals surface area contributed by atoms with Gasteiger partial charge in [0.25, 0.3) is 0 Å². The van der Waals surface area contributed by atoms with Gasteiger partial charge in [0.15, 0.2) is 5.78 Å². The van der Waals surface area contributed by atoms with Crippen molar-refractivity contribution in [3.63, 3.8) is 0 Å². The predicted molar refractivity (Wildman–Crippen MR) is 116 cm³/mol. The molecule has 1 heterocycles. The van der Waals surface area contributed by atoms with Crippen LogP contribution in [0.2, 0.25) is 0 Å². The van der Waals surface area contributed by atoms with E-state index in [0.717, 1.165) is 10.4 Å². The largest absolute Gasteiger partial charge is 0.464 e. The van der Waals surface area contributed by atoms with Crippen LogP contribution in [0.25, 0.3) is 0 Å². The number of Topliss-reactive ketones (excluding diaryl/α,β-unsaturated/α-hetero) is 2. The van der Waals surface area contributed by atoms with Crippen molar-refractivity contribution in [3.05, 3.63) is 57.8 Å². The number of nitrogens with one attached hydrogen (secondary N) is 1. The highest BCUT2D eigenvalue weighted by atomic mass is 32.1. The summed E-state index contributed by atoms with van der Waals surface area (Å²) in [6, 6.07) is 12.2. The number of aryl methyl sites for hydroxylation is 1. The molecule has 0 radical (unpaired) electrons. The highest BCUT2D eigenvalue weighted by Gasteiger charge is 2.23. The second-order valence-corrected chi connectivity index (χ2v) is 8.22. The Bertz CT molecular complexity index is 875. The molecule has 2 aromatic rings. The smallest absolute Gasteiger partial charge is 0.328 e. The number of ketones is 2. The van der Waals surface area contributed by atoms with Gasteiger partial charge in [-0.1, -0.05) is 30.3 Å². The summed E-state index contributed by atoms with van der Waals surface area (Å²) in [4.78, 5) is 50.3. The lowest BCUT2D eigenvalue weighted by molar-refractivity contribution is -0.147. The van der Waals surface area contributed by atoms with Crippen LogP contribution in [-0.4, -0.2) is 36.1 Å². The third-order valence-corrected chi connectivity index (χ3v) is 5.51. The Balaban J connectivity index is 1.80. The van der Waals surface area contributed by atoms with Crippen molar-refractivity contribution in [1.82, 2.24) is 5.32 Å². The fourth-order valence-corrected chi connectivity index (χ4v) is 3.73. The topological polar surface area (TPSA) is 89.5 Å². The lowest BCUT2D eigenvalue weighted by atomic mass is 10.0. The minimum Gasteiger partial charge on any atom is -0.464 e. The number of hydrogen-bond donors (Lipinski definition) is 1. The number of hydrogen-bond acceptors (Lipinski definition) is 6. The maximum absolute atomic E-state index is 12.3. The van der Waals surface area contributed by atoms with Gasteiger partial charge in [0.1, 0.15) is 11.8 Å². The molecule has 7 heteroatoms. The van der Waals surface area contributed by atoms with Gasteiger partial charge in [-0.25, -0.2) is 4.79 Å². The number of amides is 1. The van der Waals surface area contributed by atoms with Crippen molar-refractivity contribution in [2.75, 3.05) is 6.61 Å². The van der Waals surface area contributed by atoms with E-state index in [1.807, 2.05) is 43.3 Å². The van der Waals surface area contributed by atoms with Gasteiger partial charge < -0.3 is 10.1 Å². The molecular weight excluding hydrogens is 402 g/mol. The Morgan fingerprint density at radius 2 is 1.67 bits per heavy atom. The highest BCUT2D eigenvalue weighted by molar-refractivity contribution is 7.14. The minimum absolute atomic E-state index is 0.0312. The zero-order valence-electron chi connectivity index (χ0n) is 17.3. The predicted octanol–water partition coefficient (Wildman–Crippen LogP) is 3.66. The molecular formula is C23H27NO5S. The molecule has 1 unspecified atom stereocenters. The summed E-state index contributed by atoms with van der Waals surface area (Å²) >= 11 is 1.41. The van der Waals surface area contributed by atoms with Gasteiger partial charge in [0.2, 0.25) is 5.91 Å². The van der Waals surface area contributed by atoms with Crippen molar-refractivity contribution >= 4 is 34.8 Å². The van der Waals surface area contributed by atoms with Crippen LogP contribution in [0, 0.1) is 6.92 Å². The van der Waals surface area contributed by atoms with Crippen LogP contribution in [-0.2, 0) is 25.5 Å². The standard InChI is InChI=1S/C23H27NO5S/c1-3-29-23(28)19(15-17-7-5-4-6-8-17)24-22(27)14-11-18(25)10-12-20(26)21-13-9-16(2)30-21/h4-9,13,19H,3,10-12,14-15H2,1-2H3,(H,24,27). The second kappa shape index (κ2) is 12.0. The first kappa shape index (κ1) is 23.5. The van der Waals surface area contributed by atoms with Crippen molar-refractivity contribution in [2.24, 2.45) is 0 Å². The van der Waals surface area contributed by atoms with Crippen molar-refractivity contribution in [3.8, 4) is 0 Å². The number of carbonyl (C=O) groups is 4. The van der Waals surface area contributed by atoms with Crippen molar-refractivity contribution in [1.29, 1.82) is 0 Å². The molecule has 0 saturated heterocycles. The Kier molecular flexibility index (Phi) is 9.41. The monoisotopic (exact) mass is 429 g/mol. The molecule has 0 aliphatic rings. The van der Waals surface area contributed by atoms with Crippen LogP contribution in [0.5, 0.6) is 0 Å². The summed E-state index contributed by atoms with van der Waals surface area (Å²) in [5.74, 6) is -1.10. The number of carbonyl (C=O) groups excluding carboxylic acids is 4. The maximum Gasteiger partial charge on any atom is 0.328 e. The van der Waals surface area contributed by atoms with Crippen LogP contribution in [0.15, 0.2) is 42.5 Å². The third kappa shape index (κ3) is 7.91. The normalized spacial score (nSPS) is 11.5. The SMILES string of the molecule is CCOC(=O)C(Cc1ccccc1)NC(=O)CCC(=O)CCC(=O)c1ccc(C)s1. The molecule has 1 aromatic heterocycles. The van der Waals surface area contributed by atoms with Gasteiger partial charge in [-0.15, -0.1) is 11.3 Å². The Morgan fingerprint density at radius 1 is 0.967 bits per heavy atom. The number of thiophene rings is 1. The van der Waals surface area contributed by atoms with Gasteiger partial charge >= 0.3 is 5.97 Å². The van der Waals surface area contributed by atoms with Crippen molar-refractivity contribution < 1.29 is 23.9 Å². The molecule has 1 aromatic carbocycles. The molecule has 30 heavy (non-hydrogen) atoms. The first-order valence-corrected chi connectivity index (χ1v) is 10.8. The summed E-state index contributed by atoms with van der Waals surface area (Å²) in [5, 5.41) is 2.67. The lowest BCUT2D eigenvalue weighted by Crippen LogP contribution is -2.43. The zero-order chi connectivity index (χ0) is 21.9. The van der Waals surface area contributed by atoms with Crippen LogP contribution in [0.3, 0.4) is 0 Å². The van der Waals surface area contributed by atoms with Crippen LogP contribution in [0.1, 0.15) is 52.7 Å². The van der Waals surface area contributed by atoms with Gasteiger partial charge in [-0.2, -0.15) is 0 Å². The van der Waals surface area contributed by atoms with Gasteiger partial charge in [0, 0.05) is 37.0 Å². The fraction of sp³-hybridized carbons (Fsp3) is 0.391. The quantitative estimate of drug-likeness (QED) is 0.411. The Labute approximate surface area is 180 Å². The summed E-state index contributed by atoms with van der Waals surface area (Å²) in [6.07, 6.45) is 0.557. The lowest BCUT2D eigenvalue weighted by Gasteiger charge is -2.17. The number of benzene rings is 1. The van der Waals surface area contributed by atoms with E-state index in [0.29, 0.717) is 11.3 Å². The number of ether oxygens (including phenoxy) is 1. The molecule has 0 aliphatic carbocycles. The summed E-state index contributed by atoms with van der Waals surface area (Å²) < 4.78 is 5.05. The molecule has 160 valence electrons. The summed E-state index contributed by atoms with van der Waals surface area (Å²) in [6.45, 7) is 3.85. The molecule has 0 spiro atoms. The number of rotatable bonds is 12. The molecule has 0 bridgehead atoms. The summed E-state index contributed by atoms with van der Waals surface area (Å²) in [5.41, 5.74) is 0.897. The molecule has 2 rings (SSSR count). The van der Waals surface area contributed by atoms with E-state index in [1.165, 1.54) is 11.3 Å². The Hall–Kier alpha value is -2.80. The second-order valence-electron chi connectivity index (χ2n) is 6.93. The minimum atomic E-state index is -0.807. The average Bonchev–Trinajstić information content (AvgIpc) is 3.17. The first-order chi connectivity index (χ1) is 14.4. The maximum atomic E-state index is 12.3. The van der Waals surface area contributed by atoms with Crippen molar-refractivity contribution in [2.45, 2.75) is 52.0 Å². The average molecular weight is 430 g/mol. The highest BCUT2D eigenvalue weighted by Crippen LogP contribution is 2.17. The number of esters is 1. The Morgan fingerprint density at radius 3 is 2.30 bits per heavy atom. The van der Waals surface area contributed by atoms with E-state index in [9.17, 15) is 19.2 Å². The van der Waals surface area contributed by atoms with E-state index in [-0.39, 0.29) is 43.9 Å². The van der Waals surface area contributed by atoms with E-state index in [2.05, 4.69) is 5.32 Å². The molecule has 6 nitrogen and oxygen atoms in total. The van der Waals surface area contributed by atoms with E-state index in [1.54, 1.807) is 13.0 Å². The molecule has 0 aliphatic heterocycles. The van der Waals surface area contributed by atoms with Crippen LogP contribution in [0.4, 0.5) is 0 Å². The zero-order valence-corrected chi connectivity index (χ0v) is 18.1. The van der Waals surface area contributed by atoms with Crippen LogP contribution >= 0.6 is 11.3 Å². The fourth-order valence-electron chi connectivity index (χ4n) is 2.89. The van der Waals surface area contributed by atoms with E-state index >= 15 is 0 Å². The third-order valence-electron chi connectivity index (χ3n) is 4.47. The van der Waals surface area contributed by atoms with Gasteiger partial charge in [0.05, 0.1) is 11.5 Å². The molecule has 1 atom stereocenters. The molecule has 1 N–H and O–H groups in total. The first-order valence-electron chi connectivity index (χ1n) is 10.00.